The Morgan fingerprint density at radius 2 is 1.88 bits per heavy atom. The van der Waals surface area contributed by atoms with Crippen LogP contribution in [0.3, 0.4) is 0 Å². The van der Waals surface area contributed by atoms with Gasteiger partial charge in [0.05, 0.1) is 5.92 Å². The molecule has 0 bridgehead atoms. The predicted molar refractivity (Wildman–Crippen MR) is 92.4 cm³/mol. The van der Waals surface area contributed by atoms with Gasteiger partial charge in [0.2, 0.25) is 11.8 Å². The number of carbonyl (C=O) groups is 2. The number of nitrogens with one attached hydrogen (secondary N) is 1. The Balaban J connectivity index is 1.33. The summed E-state index contributed by atoms with van der Waals surface area (Å²) < 4.78 is 13.1. The highest BCUT2D eigenvalue weighted by atomic mass is 19.1. The van der Waals surface area contributed by atoms with Gasteiger partial charge in [-0.2, -0.15) is 0 Å². The van der Waals surface area contributed by atoms with E-state index in [9.17, 15) is 14.0 Å². The van der Waals surface area contributed by atoms with Gasteiger partial charge in [-0.1, -0.05) is 25.0 Å². The molecule has 0 spiro atoms. The molecule has 0 aromatic heterocycles. The van der Waals surface area contributed by atoms with Gasteiger partial charge in [-0.3, -0.25) is 9.59 Å². The van der Waals surface area contributed by atoms with E-state index in [1.54, 1.807) is 0 Å². The molecule has 134 valence electrons. The van der Waals surface area contributed by atoms with Crippen LogP contribution in [0.1, 0.15) is 50.5 Å². The van der Waals surface area contributed by atoms with Crippen molar-refractivity contribution in [2.24, 2.45) is 5.92 Å². The lowest BCUT2D eigenvalue weighted by Crippen LogP contribution is -2.39. The molecule has 2 saturated carbocycles. The topological polar surface area (TPSA) is 49.4 Å². The van der Waals surface area contributed by atoms with Crippen LogP contribution in [-0.2, 0) is 15.0 Å². The van der Waals surface area contributed by atoms with Gasteiger partial charge in [-0.05, 0) is 43.4 Å². The maximum absolute atomic E-state index is 13.1. The summed E-state index contributed by atoms with van der Waals surface area (Å²) >= 11 is 0. The van der Waals surface area contributed by atoms with E-state index in [1.165, 1.54) is 25.0 Å². The second-order valence-corrected chi connectivity index (χ2v) is 7.89. The number of nitrogens with zero attached hydrogens (tertiary/aromatic N) is 1. The Kier molecular flexibility index (Phi) is 4.26. The fraction of sp³-hybridized carbons (Fsp3) is 0.600. The second-order valence-electron chi connectivity index (χ2n) is 7.89. The first-order valence-electron chi connectivity index (χ1n) is 9.41. The number of amides is 2. The minimum atomic E-state index is -0.236. The van der Waals surface area contributed by atoms with Crippen LogP contribution in [0, 0.1) is 11.7 Å². The summed E-state index contributed by atoms with van der Waals surface area (Å²) in [5, 5.41) is 3.06. The van der Waals surface area contributed by atoms with Crippen LogP contribution in [0.15, 0.2) is 24.3 Å². The van der Waals surface area contributed by atoms with E-state index in [-0.39, 0.29) is 29.0 Å². The Hall–Kier alpha value is -1.91. The van der Waals surface area contributed by atoms with Crippen molar-refractivity contribution in [2.75, 3.05) is 13.1 Å². The molecule has 1 atom stereocenters. The van der Waals surface area contributed by atoms with Gasteiger partial charge in [0.1, 0.15) is 5.82 Å². The van der Waals surface area contributed by atoms with Gasteiger partial charge in [0.25, 0.3) is 0 Å². The number of hydrogen-bond acceptors (Lipinski definition) is 2. The maximum atomic E-state index is 13.1. The molecule has 1 aromatic rings. The van der Waals surface area contributed by atoms with E-state index >= 15 is 0 Å². The fourth-order valence-corrected chi connectivity index (χ4v) is 4.40. The SMILES string of the molecule is O=C(NCC1(c2ccc(F)cc2)CC1)C1CC(=O)N(C2CCCC2)C1. The van der Waals surface area contributed by atoms with E-state index < -0.39 is 0 Å². The second kappa shape index (κ2) is 6.43. The maximum Gasteiger partial charge on any atom is 0.225 e. The standard InChI is InChI=1S/C20H25FN2O2/c21-16-7-5-15(6-8-16)20(9-10-20)13-22-19(25)14-11-18(24)23(12-14)17-3-1-2-4-17/h5-8,14,17H,1-4,9-13H2,(H,22,25). The Morgan fingerprint density at radius 3 is 2.52 bits per heavy atom. The summed E-state index contributed by atoms with van der Waals surface area (Å²) in [5.74, 6) is -0.342. The quantitative estimate of drug-likeness (QED) is 0.893. The molecule has 1 aliphatic heterocycles. The molecule has 1 heterocycles. The van der Waals surface area contributed by atoms with Crippen molar-refractivity contribution < 1.29 is 14.0 Å². The zero-order valence-corrected chi connectivity index (χ0v) is 14.5. The van der Waals surface area contributed by atoms with Crippen molar-refractivity contribution in [2.45, 2.75) is 56.4 Å². The molecule has 25 heavy (non-hydrogen) atoms. The summed E-state index contributed by atoms with van der Waals surface area (Å²) in [4.78, 5) is 26.7. The Bertz CT molecular complexity index is 663. The van der Waals surface area contributed by atoms with Crippen molar-refractivity contribution in [3.63, 3.8) is 0 Å². The zero-order chi connectivity index (χ0) is 17.4. The molecule has 4 nitrogen and oxygen atoms in total. The van der Waals surface area contributed by atoms with E-state index in [0.717, 1.165) is 31.2 Å². The highest BCUT2D eigenvalue weighted by molar-refractivity contribution is 5.89. The molecule has 3 aliphatic rings. The van der Waals surface area contributed by atoms with Crippen LogP contribution in [0.4, 0.5) is 4.39 Å². The van der Waals surface area contributed by atoms with Crippen molar-refractivity contribution in [3.8, 4) is 0 Å². The highest BCUT2D eigenvalue weighted by Gasteiger charge is 2.45. The van der Waals surface area contributed by atoms with Crippen LogP contribution in [-0.4, -0.2) is 35.8 Å². The number of benzene rings is 1. The van der Waals surface area contributed by atoms with Gasteiger partial charge >= 0.3 is 0 Å². The fourth-order valence-electron chi connectivity index (χ4n) is 4.40. The van der Waals surface area contributed by atoms with E-state index in [1.807, 2.05) is 17.0 Å². The summed E-state index contributed by atoms with van der Waals surface area (Å²) in [6, 6.07) is 6.93. The van der Waals surface area contributed by atoms with Gasteiger partial charge in [0, 0.05) is 31.0 Å². The third-order valence-corrected chi connectivity index (χ3v) is 6.21. The van der Waals surface area contributed by atoms with Crippen molar-refractivity contribution in [3.05, 3.63) is 35.6 Å². The Morgan fingerprint density at radius 1 is 1.20 bits per heavy atom. The molecular formula is C20H25FN2O2. The van der Waals surface area contributed by atoms with Crippen LogP contribution in [0.25, 0.3) is 0 Å². The minimum absolute atomic E-state index is 0.0118. The van der Waals surface area contributed by atoms with Gasteiger partial charge in [0.15, 0.2) is 0 Å². The molecular weight excluding hydrogens is 319 g/mol. The number of likely N-dealkylation sites (tertiary alicyclic amines) is 1. The third kappa shape index (κ3) is 3.29. The average molecular weight is 344 g/mol. The summed E-state index contributed by atoms with van der Waals surface area (Å²) in [5.41, 5.74) is 1.04. The molecule has 5 heteroatoms. The van der Waals surface area contributed by atoms with Gasteiger partial charge < -0.3 is 10.2 Å². The van der Waals surface area contributed by atoms with Crippen LogP contribution >= 0.6 is 0 Å². The largest absolute Gasteiger partial charge is 0.355 e. The molecule has 0 radical (unpaired) electrons. The van der Waals surface area contributed by atoms with Gasteiger partial charge in [-0.15, -0.1) is 0 Å². The molecule has 2 amide bonds. The summed E-state index contributed by atoms with van der Waals surface area (Å²) in [6.07, 6.45) is 6.89. The average Bonchev–Trinajstić information content (AvgIpc) is 3.02. The lowest BCUT2D eigenvalue weighted by atomic mass is 9.95. The van der Waals surface area contributed by atoms with Crippen LogP contribution in [0.2, 0.25) is 0 Å². The first-order chi connectivity index (χ1) is 12.1. The number of halogens is 1. The number of rotatable bonds is 5. The predicted octanol–water partition coefficient (Wildman–Crippen LogP) is 2.76. The van der Waals surface area contributed by atoms with Gasteiger partial charge in [-0.25, -0.2) is 4.39 Å². The zero-order valence-electron chi connectivity index (χ0n) is 14.5. The summed E-state index contributed by atoms with van der Waals surface area (Å²) in [6.45, 7) is 1.14. The van der Waals surface area contributed by atoms with E-state index in [0.29, 0.717) is 25.6 Å². The lowest BCUT2D eigenvalue weighted by molar-refractivity contribution is -0.130. The molecule has 2 aliphatic carbocycles. The minimum Gasteiger partial charge on any atom is -0.355 e. The monoisotopic (exact) mass is 344 g/mol. The van der Waals surface area contributed by atoms with Crippen LogP contribution in [0.5, 0.6) is 0 Å². The lowest BCUT2D eigenvalue weighted by Gasteiger charge is -2.24. The van der Waals surface area contributed by atoms with Crippen molar-refractivity contribution in [1.82, 2.24) is 10.2 Å². The van der Waals surface area contributed by atoms with E-state index in [4.69, 9.17) is 0 Å². The smallest absolute Gasteiger partial charge is 0.225 e. The first kappa shape index (κ1) is 16.6. The summed E-state index contributed by atoms with van der Waals surface area (Å²) in [7, 11) is 0. The number of carbonyl (C=O) groups excluding carboxylic acids is 2. The molecule has 1 saturated heterocycles. The van der Waals surface area contributed by atoms with Crippen molar-refractivity contribution >= 4 is 11.8 Å². The van der Waals surface area contributed by atoms with E-state index in [2.05, 4.69) is 5.32 Å². The molecule has 1 aromatic carbocycles. The first-order valence-corrected chi connectivity index (χ1v) is 9.41. The van der Waals surface area contributed by atoms with Crippen molar-refractivity contribution in [1.29, 1.82) is 0 Å². The number of hydrogen-bond donors (Lipinski definition) is 1. The Labute approximate surface area is 147 Å². The highest BCUT2D eigenvalue weighted by Crippen LogP contribution is 2.47. The third-order valence-electron chi connectivity index (χ3n) is 6.21. The molecule has 1 unspecified atom stereocenters. The molecule has 1 N–H and O–H groups in total. The normalized spacial score (nSPS) is 25.4. The molecule has 3 fully saturated rings. The molecule has 4 rings (SSSR count). The van der Waals surface area contributed by atoms with Crippen LogP contribution < -0.4 is 5.32 Å².